The third-order valence-electron chi connectivity index (χ3n) is 5.61. The Kier molecular flexibility index (Phi) is 5.86. The standard InChI is InChI=1S/C26H26N4O2/c1-17-15-21(19-9-5-7-11-23(19)27-17)25(31)29(3)13-14-30(4)26(32)22-16-18(2)28-24-12-8-6-10-20(22)24/h5-12,15-16H,13-14H2,1-4H3. The van der Waals surface area contributed by atoms with Crippen molar-refractivity contribution in [3.8, 4) is 0 Å². The first-order valence-corrected chi connectivity index (χ1v) is 10.6. The number of rotatable bonds is 5. The van der Waals surface area contributed by atoms with Crippen LogP contribution >= 0.6 is 0 Å². The number of amides is 2. The van der Waals surface area contributed by atoms with Gasteiger partial charge in [0.1, 0.15) is 0 Å². The molecule has 32 heavy (non-hydrogen) atoms. The lowest BCUT2D eigenvalue weighted by Gasteiger charge is -2.23. The SMILES string of the molecule is Cc1cc(C(=O)N(C)CCN(C)C(=O)c2cc(C)nc3ccccc23)c2ccccc2n1. The zero-order valence-electron chi connectivity index (χ0n) is 18.8. The summed E-state index contributed by atoms with van der Waals surface area (Å²) in [5, 5.41) is 1.66. The van der Waals surface area contributed by atoms with Gasteiger partial charge in [0.2, 0.25) is 0 Å². The van der Waals surface area contributed by atoms with Crippen molar-refractivity contribution in [3.05, 3.63) is 83.2 Å². The maximum Gasteiger partial charge on any atom is 0.254 e. The van der Waals surface area contributed by atoms with E-state index in [1.165, 1.54) is 0 Å². The van der Waals surface area contributed by atoms with Crippen LogP contribution in [0.5, 0.6) is 0 Å². The third kappa shape index (κ3) is 4.17. The van der Waals surface area contributed by atoms with Crippen LogP contribution in [0.1, 0.15) is 32.1 Å². The molecule has 4 aromatic rings. The van der Waals surface area contributed by atoms with E-state index >= 15 is 0 Å². The lowest BCUT2D eigenvalue weighted by atomic mass is 10.1. The van der Waals surface area contributed by atoms with E-state index in [2.05, 4.69) is 9.97 Å². The highest BCUT2D eigenvalue weighted by Crippen LogP contribution is 2.21. The van der Waals surface area contributed by atoms with Gasteiger partial charge in [-0.25, -0.2) is 0 Å². The molecule has 2 aromatic carbocycles. The fraction of sp³-hybridized carbons (Fsp3) is 0.231. The van der Waals surface area contributed by atoms with Crippen molar-refractivity contribution in [2.24, 2.45) is 0 Å². The molecule has 4 rings (SSSR count). The second-order valence-electron chi connectivity index (χ2n) is 8.11. The van der Waals surface area contributed by atoms with Crippen molar-refractivity contribution >= 4 is 33.6 Å². The minimum absolute atomic E-state index is 0.0854. The second-order valence-corrected chi connectivity index (χ2v) is 8.11. The van der Waals surface area contributed by atoms with Gasteiger partial charge in [0.15, 0.2) is 0 Å². The molecule has 0 saturated heterocycles. The van der Waals surface area contributed by atoms with Gasteiger partial charge in [-0.05, 0) is 38.1 Å². The van der Waals surface area contributed by atoms with Crippen LogP contribution in [0.2, 0.25) is 0 Å². The number of carbonyl (C=O) groups excluding carboxylic acids is 2. The van der Waals surface area contributed by atoms with Crippen LogP contribution in [-0.2, 0) is 0 Å². The number of carbonyl (C=O) groups is 2. The lowest BCUT2D eigenvalue weighted by molar-refractivity contribution is 0.0720. The van der Waals surface area contributed by atoms with E-state index in [0.717, 1.165) is 33.2 Å². The number of aromatic nitrogens is 2. The number of fused-ring (bicyclic) bond motifs is 2. The molecular weight excluding hydrogens is 400 g/mol. The van der Waals surface area contributed by atoms with Gasteiger partial charge in [-0.15, -0.1) is 0 Å². The van der Waals surface area contributed by atoms with Crippen molar-refractivity contribution < 1.29 is 9.59 Å². The van der Waals surface area contributed by atoms with Crippen LogP contribution in [-0.4, -0.2) is 58.8 Å². The molecule has 0 radical (unpaired) electrons. The number of hydrogen-bond donors (Lipinski definition) is 0. The molecule has 0 saturated carbocycles. The van der Waals surface area contributed by atoms with Crippen LogP contribution in [0.15, 0.2) is 60.7 Å². The monoisotopic (exact) mass is 426 g/mol. The van der Waals surface area contributed by atoms with Gasteiger partial charge in [-0.2, -0.15) is 0 Å². The molecule has 0 spiro atoms. The molecule has 0 aliphatic heterocycles. The molecule has 0 bridgehead atoms. The number of para-hydroxylation sites is 2. The summed E-state index contributed by atoms with van der Waals surface area (Å²) >= 11 is 0. The lowest BCUT2D eigenvalue weighted by Crippen LogP contribution is -2.37. The summed E-state index contributed by atoms with van der Waals surface area (Å²) in [5.41, 5.74) is 4.45. The maximum atomic E-state index is 13.2. The first kappa shape index (κ1) is 21.4. The van der Waals surface area contributed by atoms with Crippen LogP contribution in [0, 0.1) is 13.8 Å². The molecule has 2 aromatic heterocycles. The van der Waals surface area contributed by atoms with Crippen LogP contribution < -0.4 is 0 Å². The average Bonchev–Trinajstić information content (AvgIpc) is 2.80. The number of pyridine rings is 2. The van der Waals surface area contributed by atoms with Gasteiger partial charge in [-0.3, -0.25) is 19.6 Å². The van der Waals surface area contributed by atoms with Crippen LogP contribution in [0.4, 0.5) is 0 Å². The van der Waals surface area contributed by atoms with Gasteiger partial charge in [0.05, 0.1) is 22.2 Å². The maximum absolute atomic E-state index is 13.2. The quantitative estimate of drug-likeness (QED) is 0.479. The molecule has 0 N–H and O–H groups in total. The van der Waals surface area contributed by atoms with E-state index in [1.54, 1.807) is 23.9 Å². The summed E-state index contributed by atoms with van der Waals surface area (Å²) in [6, 6.07) is 18.9. The molecule has 0 atom stereocenters. The molecule has 0 aliphatic carbocycles. The highest BCUT2D eigenvalue weighted by atomic mass is 16.2. The molecule has 2 amide bonds. The molecule has 162 valence electrons. The number of hydrogen-bond acceptors (Lipinski definition) is 4. The number of benzene rings is 2. The van der Waals surface area contributed by atoms with E-state index in [4.69, 9.17) is 0 Å². The van der Waals surface area contributed by atoms with Gasteiger partial charge in [-0.1, -0.05) is 36.4 Å². The minimum atomic E-state index is -0.0854. The van der Waals surface area contributed by atoms with Gasteiger partial charge < -0.3 is 9.80 Å². The topological polar surface area (TPSA) is 66.4 Å². The Labute approximate surface area is 187 Å². The van der Waals surface area contributed by atoms with E-state index in [0.29, 0.717) is 24.2 Å². The molecule has 2 heterocycles. The predicted molar refractivity (Wildman–Crippen MR) is 127 cm³/mol. The van der Waals surface area contributed by atoms with E-state index in [-0.39, 0.29) is 11.8 Å². The zero-order valence-corrected chi connectivity index (χ0v) is 18.8. The smallest absolute Gasteiger partial charge is 0.254 e. The largest absolute Gasteiger partial charge is 0.340 e. The van der Waals surface area contributed by atoms with E-state index in [1.807, 2.05) is 74.5 Å². The average molecular weight is 427 g/mol. The van der Waals surface area contributed by atoms with Crippen molar-refractivity contribution in [2.45, 2.75) is 13.8 Å². The Balaban J connectivity index is 1.51. The van der Waals surface area contributed by atoms with Crippen molar-refractivity contribution in [3.63, 3.8) is 0 Å². The highest BCUT2D eigenvalue weighted by molar-refractivity contribution is 6.07. The van der Waals surface area contributed by atoms with E-state index < -0.39 is 0 Å². The van der Waals surface area contributed by atoms with Gasteiger partial charge in [0, 0.05) is 49.3 Å². The normalized spacial score (nSPS) is 11.0. The Bertz CT molecular complexity index is 1230. The Morgan fingerprint density at radius 2 is 1.06 bits per heavy atom. The Hall–Kier alpha value is -3.80. The fourth-order valence-electron chi connectivity index (χ4n) is 3.88. The summed E-state index contributed by atoms with van der Waals surface area (Å²) in [7, 11) is 3.52. The second kappa shape index (κ2) is 8.75. The van der Waals surface area contributed by atoms with Gasteiger partial charge >= 0.3 is 0 Å². The van der Waals surface area contributed by atoms with Crippen LogP contribution in [0.25, 0.3) is 21.8 Å². The first-order chi connectivity index (χ1) is 15.3. The zero-order chi connectivity index (χ0) is 22.8. The molecule has 0 aliphatic rings. The summed E-state index contributed by atoms with van der Waals surface area (Å²) in [4.78, 5) is 38.7. The molecule has 0 fully saturated rings. The summed E-state index contributed by atoms with van der Waals surface area (Å²) < 4.78 is 0. The number of likely N-dealkylation sites (N-methyl/N-ethyl adjacent to an activating group) is 2. The van der Waals surface area contributed by atoms with Gasteiger partial charge in [0.25, 0.3) is 11.8 Å². The molecule has 6 heteroatoms. The van der Waals surface area contributed by atoms with E-state index in [9.17, 15) is 9.59 Å². The van der Waals surface area contributed by atoms with Crippen LogP contribution in [0.3, 0.4) is 0 Å². The summed E-state index contributed by atoms with van der Waals surface area (Å²) in [6.07, 6.45) is 0. The minimum Gasteiger partial charge on any atom is -0.340 e. The predicted octanol–water partition coefficient (Wildman–Crippen LogP) is 4.24. The molecular formula is C26H26N4O2. The molecule has 6 nitrogen and oxygen atoms in total. The number of nitrogens with zero attached hydrogens (tertiary/aromatic N) is 4. The summed E-state index contributed by atoms with van der Waals surface area (Å²) in [6.45, 7) is 4.60. The number of aryl methyl sites for hydroxylation is 2. The molecule has 0 unspecified atom stereocenters. The Morgan fingerprint density at radius 1 is 0.688 bits per heavy atom. The first-order valence-electron chi connectivity index (χ1n) is 10.6. The third-order valence-corrected chi connectivity index (χ3v) is 5.61. The Morgan fingerprint density at radius 3 is 1.47 bits per heavy atom. The summed E-state index contributed by atoms with van der Waals surface area (Å²) in [5.74, 6) is -0.171. The van der Waals surface area contributed by atoms with Crippen molar-refractivity contribution in [1.82, 2.24) is 19.8 Å². The highest BCUT2D eigenvalue weighted by Gasteiger charge is 2.19. The van der Waals surface area contributed by atoms with Crippen molar-refractivity contribution in [2.75, 3.05) is 27.2 Å². The fourth-order valence-corrected chi connectivity index (χ4v) is 3.88. The van der Waals surface area contributed by atoms with Crippen molar-refractivity contribution in [1.29, 1.82) is 0 Å².